The Kier molecular flexibility index (Phi) is 35.0. The van der Waals surface area contributed by atoms with Crippen molar-refractivity contribution in [1.82, 2.24) is 0 Å². The molecule has 0 aromatic rings. The van der Waals surface area contributed by atoms with Gasteiger partial charge in [0.25, 0.3) is 0 Å². The van der Waals surface area contributed by atoms with Crippen LogP contribution in [0.5, 0.6) is 0 Å². The highest BCUT2D eigenvalue weighted by molar-refractivity contribution is 5.69. The maximum atomic E-state index is 13.0. The standard InChI is InChI=1S/C51H88O14/c1-3-5-7-9-11-13-15-17-19-20-21-22-24-26-28-30-32-34-43(53)63-40(37-60-35-33-31-29-27-25-23-18-16-14-12-10-8-6-4-2)38-61-50-49(59)47(57)45(55)42(65-50)39-62-51-48(58)46(56)44(54)41(36-52)64-51/h5,7,11,13-14,16-17,19,21-22,40-42,44-52,54-59H,3-4,6,8-10,12,15,18,20,23-39H2,1-2H3/b7-5-,13-11-,16-14-,19-17-,22-21-. The van der Waals surface area contributed by atoms with Crippen LogP contribution in [0.3, 0.4) is 0 Å². The second-order valence-corrected chi connectivity index (χ2v) is 17.3. The number of aliphatic hydroxyl groups excluding tert-OH is 7. The number of esters is 1. The van der Waals surface area contributed by atoms with Gasteiger partial charge in [-0.15, -0.1) is 0 Å². The molecule has 0 bridgehead atoms. The minimum Gasteiger partial charge on any atom is -0.457 e. The van der Waals surface area contributed by atoms with Crippen molar-refractivity contribution in [3.8, 4) is 0 Å². The average molecular weight is 925 g/mol. The molecule has 0 amide bonds. The fourth-order valence-corrected chi connectivity index (χ4v) is 7.45. The smallest absolute Gasteiger partial charge is 0.306 e. The third kappa shape index (κ3) is 26.7. The Morgan fingerprint density at radius 1 is 0.523 bits per heavy atom. The molecule has 0 radical (unpaired) electrons. The molecule has 14 nitrogen and oxygen atoms in total. The van der Waals surface area contributed by atoms with Crippen molar-refractivity contribution in [3.63, 3.8) is 0 Å². The summed E-state index contributed by atoms with van der Waals surface area (Å²) in [6, 6.07) is 0. The largest absolute Gasteiger partial charge is 0.457 e. The number of carbonyl (C=O) groups is 1. The van der Waals surface area contributed by atoms with Gasteiger partial charge in [0.05, 0.1) is 26.4 Å². The molecule has 11 unspecified atom stereocenters. The van der Waals surface area contributed by atoms with E-state index in [9.17, 15) is 40.5 Å². The predicted molar refractivity (Wildman–Crippen MR) is 252 cm³/mol. The number of unbranched alkanes of at least 4 members (excludes halogenated alkanes) is 14. The van der Waals surface area contributed by atoms with E-state index in [0.717, 1.165) is 77.0 Å². The summed E-state index contributed by atoms with van der Waals surface area (Å²) in [6.07, 6.45) is 28.5. The van der Waals surface area contributed by atoms with E-state index in [1.807, 2.05) is 0 Å². The highest BCUT2D eigenvalue weighted by Crippen LogP contribution is 2.26. The first-order valence-corrected chi connectivity index (χ1v) is 24.9. The molecule has 65 heavy (non-hydrogen) atoms. The van der Waals surface area contributed by atoms with Crippen molar-refractivity contribution >= 4 is 5.97 Å². The van der Waals surface area contributed by atoms with Crippen molar-refractivity contribution < 1.29 is 69.0 Å². The SMILES string of the molecule is CC/C=C\C/C=C\C/C=C\C/C=C\CCCCCCC(=O)OC(COCCCCCCCC/C=C\CCCCCC)COC1OC(COC2OC(CO)C(O)C(O)C2O)C(O)C(O)C1O. The van der Waals surface area contributed by atoms with Gasteiger partial charge in [-0.2, -0.15) is 0 Å². The molecule has 376 valence electrons. The fraction of sp³-hybridized carbons (Fsp3) is 0.784. The van der Waals surface area contributed by atoms with E-state index in [2.05, 4.69) is 74.6 Å². The van der Waals surface area contributed by atoms with Crippen molar-refractivity contribution in [1.29, 1.82) is 0 Å². The zero-order valence-corrected chi connectivity index (χ0v) is 39.7. The molecule has 2 fully saturated rings. The molecule has 14 heteroatoms. The van der Waals surface area contributed by atoms with Crippen LogP contribution in [0.15, 0.2) is 60.8 Å². The lowest BCUT2D eigenvalue weighted by Gasteiger charge is -2.42. The second-order valence-electron chi connectivity index (χ2n) is 17.3. The van der Waals surface area contributed by atoms with Gasteiger partial charge < -0.3 is 64.2 Å². The number of rotatable bonds is 38. The average Bonchev–Trinajstić information content (AvgIpc) is 3.30. The fourth-order valence-electron chi connectivity index (χ4n) is 7.45. The molecule has 7 N–H and O–H groups in total. The minimum absolute atomic E-state index is 0.0447. The van der Waals surface area contributed by atoms with E-state index in [4.69, 9.17) is 28.4 Å². The van der Waals surface area contributed by atoms with Gasteiger partial charge in [0.1, 0.15) is 54.9 Å². The maximum Gasteiger partial charge on any atom is 0.306 e. The Morgan fingerprint density at radius 2 is 1.00 bits per heavy atom. The first kappa shape index (κ1) is 58.8. The Morgan fingerprint density at radius 3 is 1.58 bits per heavy atom. The lowest BCUT2D eigenvalue weighted by Crippen LogP contribution is -2.61. The van der Waals surface area contributed by atoms with Gasteiger partial charge in [-0.3, -0.25) is 4.79 Å². The van der Waals surface area contributed by atoms with Crippen LogP contribution in [0.1, 0.15) is 155 Å². The monoisotopic (exact) mass is 925 g/mol. The Labute approximate surface area is 390 Å². The highest BCUT2D eigenvalue weighted by atomic mass is 16.7. The van der Waals surface area contributed by atoms with E-state index in [1.165, 1.54) is 51.4 Å². The second kappa shape index (κ2) is 38.6. The number of hydrogen-bond donors (Lipinski definition) is 7. The molecule has 0 spiro atoms. The van der Waals surface area contributed by atoms with Gasteiger partial charge >= 0.3 is 5.97 Å². The van der Waals surface area contributed by atoms with Crippen molar-refractivity contribution in [3.05, 3.63) is 60.8 Å². The number of ether oxygens (including phenoxy) is 6. The van der Waals surface area contributed by atoms with Crippen LogP contribution < -0.4 is 0 Å². The van der Waals surface area contributed by atoms with E-state index in [1.54, 1.807) is 0 Å². The minimum atomic E-state index is -1.71. The molecule has 2 saturated heterocycles. The van der Waals surface area contributed by atoms with E-state index < -0.39 is 86.7 Å². The molecule has 0 aromatic heterocycles. The van der Waals surface area contributed by atoms with E-state index >= 15 is 0 Å². The van der Waals surface area contributed by atoms with Crippen LogP contribution in [0.2, 0.25) is 0 Å². The van der Waals surface area contributed by atoms with Gasteiger partial charge in [0.2, 0.25) is 0 Å². The van der Waals surface area contributed by atoms with Gasteiger partial charge in [-0.25, -0.2) is 0 Å². The van der Waals surface area contributed by atoms with E-state index in [0.29, 0.717) is 13.0 Å². The van der Waals surface area contributed by atoms with Gasteiger partial charge in [-0.05, 0) is 77.0 Å². The van der Waals surface area contributed by atoms with Crippen LogP contribution in [0.25, 0.3) is 0 Å². The summed E-state index contributed by atoms with van der Waals surface area (Å²) in [5.41, 5.74) is 0. The number of carbonyl (C=O) groups excluding carboxylic acids is 1. The lowest BCUT2D eigenvalue weighted by molar-refractivity contribution is -0.332. The molecule has 2 rings (SSSR count). The normalized spacial score (nSPS) is 27.0. The van der Waals surface area contributed by atoms with Crippen LogP contribution in [-0.2, 0) is 33.2 Å². The Hall–Kier alpha value is -2.31. The summed E-state index contributed by atoms with van der Waals surface area (Å²) in [5.74, 6) is -0.404. The van der Waals surface area contributed by atoms with Crippen LogP contribution in [0, 0.1) is 0 Å². The van der Waals surface area contributed by atoms with Crippen LogP contribution >= 0.6 is 0 Å². The molecule has 2 heterocycles. The first-order chi connectivity index (χ1) is 31.6. The van der Waals surface area contributed by atoms with Gasteiger partial charge in [-0.1, -0.05) is 132 Å². The molecular formula is C51H88O14. The zero-order chi connectivity index (χ0) is 47.3. The van der Waals surface area contributed by atoms with Crippen LogP contribution in [-0.4, -0.2) is 142 Å². The lowest BCUT2D eigenvalue weighted by atomic mass is 9.98. The van der Waals surface area contributed by atoms with Gasteiger partial charge in [0, 0.05) is 13.0 Å². The topological polar surface area (TPSA) is 214 Å². The molecule has 11 atom stereocenters. The Bertz CT molecular complexity index is 1300. The third-order valence-corrected chi connectivity index (χ3v) is 11.5. The maximum absolute atomic E-state index is 13.0. The third-order valence-electron chi connectivity index (χ3n) is 11.5. The first-order valence-electron chi connectivity index (χ1n) is 24.9. The number of allylic oxidation sites excluding steroid dienone is 10. The molecule has 0 aliphatic carbocycles. The van der Waals surface area contributed by atoms with Crippen molar-refractivity contribution in [2.75, 3.05) is 33.0 Å². The number of aliphatic hydroxyl groups is 7. The number of hydrogen-bond acceptors (Lipinski definition) is 14. The molecule has 0 saturated carbocycles. The summed E-state index contributed by atoms with van der Waals surface area (Å²) >= 11 is 0. The summed E-state index contributed by atoms with van der Waals surface area (Å²) in [5, 5.41) is 72.1. The highest BCUT2D eigenvalue weighted by Gasteiger charge is 2.47. The molecule has 2 aliphatic rings. The summed E-state index contributed by atoms with van der Waals surface area (Å²) in [4.78, 5) is 13.0. The summed E-state index contributed by atoms with van der Waals surface area (Å²) < 4.78 is 34.2. The predicted octanol–water partition coefficient (Wildman–Crippen LogP) is 6.96. The molecule has 0 aromatic carbocycles. The van der Waals surface area contributed by atoms with Crippen molar-refractivity contribution in [2.24, 2.45) is 0 Å². The summed E-state index contributed by atoms with van der Waals surface area (Å²) in [7, 11) is 0. The summed E-state index contributed by atoms with van der Waals surface area (Å²) in [6.45, 7) is 3.49. The quantitative estimate of drug-likeness (QED) is 0.0190. The van der Waals surface area contributed by atoms with Crippen LogP contribution in [0.4, 0.5) is 0 Å². The van der Waals surface area contributed by atoms with E-state index in [-0.39, 0.29) is 19.6 Å². The molecular weight excluding hydrogens is 837 g/mol. The zero-order valence-electron chi connectivity index (χ0n) is 39.7. The van der Waals surface area contributed by atoms with Gasteiger partial charge in [0.15, 0.2) is 12.6 Å². The van der Waals surface area contributed by atoms with Crippen molar-refractivity contribution in [2.45, 2.75) is 223 Å². The molecule has 2 aliphatic heterocycles. The Balaban J connectivity index is 1.80.